The molecule has 1 rings (SSSR count). The minimum atomic E-state index is -1.03. The zero-order valence-electron chi connectivity index (χ0n) is 6.73. The average molecular weight is 174 g/mol. The fourth-order valence-electron chi connectivity index (χ4n) is 0.829. The Kier molecular flexibility index (Phi) is 2.47. The van der Waals surface area contributed by atoms with Crippen molar-refractivity contribution >= 4 is 0 Å². The predicted octanol–water partition coefficient (Wildman–Crippen LogP) is 1.98. The maximum Gasteiger partial charge on any atom is 0.204 e. The van der Waals surface area contributed by atoms with Gasteiger partial charge in [-0.2, -0.15) is 8.78 Å². The van der Waals surface area contributed by atoms with E-state index in [1.807, 2.05) is 0 Å². The van der Waals surface area contributed by atoms with E-state index >= 15 is 0 Å². The van der Waals surface area contributed by atoms with Crippen LogP contribution in [0.1, 0.15) is 0 Å². The summed E-state index contributed by atoms with van der Waals surface area (Å²) in [5, 5.41) is 0. The first-order valence-corrected chi connectivity index (χ1v) is 3.26. The van der Waals surface area contributed by atoms with Gasteiger partial charge in [-0.05, 0) is 12.1 Å². The second-order valence-electron chi connectivity index (χ2n) is 2.10. The van der Waals surface area contributed by atoms with Crippen molar-refractivity contribution in [1.29, 1.82) is 0 Å². The highest BCUT2D eigenvalue weighted by atomic mass is 19.2. The van der Waals surface area contributed by atoms with Gasteiger partial charge in [-0.15, -0.1) is 0 Å². The van der Waals surface area contributed by atoms with Crippen LogP contribution in [0.5, 0.6) is 11.5 Å². The third-order valence-electron chi connectivity index (χ3n) is 1.45. The molecule has 0 unspecified atom stereocenters. The number of methoxy groups -OCH3 is 2. The van der Waals surface area contributed by atoms with E-state index in [9.17, 15) is 8.78 Å². The van der Waals surface area contributed by atoms with Gasteiger partial charge in [-0.1, -0.05) is 0 Å². The topological polar surface area (TPSA) is 18.5 Å². The summed E-state index contributed by atoms with van der Waals surface area (Å²) in [7, 11) is 2.54. The zero-order chi connectivity index (χ0) is 9.14. The molecule has 0 heterocycles. The summed E-state index contributed by atoms with van der Waals surface area (Å²) in [6.07, 6.45) is 0. The lowest BCUT2D eigenvalue weighted by Crippen LogP contribution is -1.95. The lowest BCUT2D eigenvalue weighted by molar-refractivity contribution is 0.344. The Labute approximate surface area is 68.7 Å². The Bertz CT molecular complexity index is 258. The number of ether oxygens (including phenoxy) is 2. The molecule has 0 amide bonds. The molecule has 2 nitrogen and oxygen atoms in total. The number of hydrogen-bond acceptors (Lipinski definition) is 2. The second kappa shape index (κ2) is 3.38. The van der Waals surface area contributed by atoms with Crippen LogP contribution in [0.4, 0.5) is 8.78 Å². The summed E-state index contributed by atoms with van der Waals surface area (Å²) in [5.41, 5.74) is 0. The summed E-state index contributed by atoms with van der Waals surface area (Å²) in [4.78, 5) is 0. The monoisotopic (exact) mass is 174 g/mol. The summed E-state index contributed by atoms with van der Waals surface area (Å²) >= 11 is 0. The summed E-state index contributed by atoms with van der Waals surface area (Å²) in [6, 6.07) is 2.61. The van der Waals surface area contributed by atoms with Crippen molar-refractivity contribution in [2.45, 2.75) is 0 Å². The Morgan fingerprint density at radius 1 is 0.917 bits per heavy atom. The highest BCUT2D eigenvalue weighted by Crippen LogP contribution is 2.26. The normalized spacial score (nSPS) is 9.67. The van der Waals surface area contributed by atoms with Gasteiger partial charge in [0.1, 0.15) is 0 Å². The quantitative estimate of drug-likeness (QED) is 0.682. The van der Waals surface area contributed by atoms with Gasteiger partial charge in [0.25, 0.3) is 0 Å². The predicted molar refractivity (Wildman–Crippen MR) is 39.5 cm³/mol. The van der Waals surface area contributed by atoms with Gasteiger partial charge in [0.15, 0.2) is 11.5 Å². The van der Waals surface area contributed by atoms with E-state index in [0.717, 1.165) is 0 Å². The standard InChI is InChI=1S/C8H8F2O2/c1-11-5-3-4-6(12-2)8(10)7(5)9/h3-4H,1-2H3. The van der Waals surface area contributed by atoms with E-state index in [2.05, 4.69) is 9.47 Å². The van der Waals surface area contributed by atoms with E-state index < -0.39 is 11.6 Å². The lowest BCUT2D eigenvalue weighted by atomic mass is 10.3. The number of halogens is 2. The Balaban J connectivity index is 3.20. The Morgan fingerprint density at radius 2 is 1.25 bits per heavy atom. The maximum atomic E-state index is 12.9. The molecule has 12 heavy (non-hydrogen) atoms. The highest BCUT2D eigenvalue weighted by Gasteiger charge is 2.13. The second-order valence-corrected chi connectivity index (χ2v) is 2.10. The van der Waals surface area contributed by atoms with E-state index in [1.165, 1.54) is 26.4 Å². The molecule has 1 aromatic rings. The van der Waals surface area contributed by atoms with Crippen LogP contribution >= 0.6 is 0 Å². The van der Waals surface area contributed by atoms with Gasteiger partial charge in [0.05, 0.1) is 14.2 Å². The smallest absolute Gasteiger partial charge is 0.204 e. The minimum absolute atomic E-state index is 0.131. The molecule has 0 aliphatic rings. The zero-order valence-corrected chi connectivity index (χ0v) is 6.73. The molecule has 0 saturated carbocycles. The number of rotatable bonds is 2. The third-order valence-corrected chi connectivity index (χ3v) is 1.45. The molecule has 0 saturated heterocycles. The van der Waals surface area contributed by atoms with Gasteiger partial charge in [0, 0.05) is 0 Å². The molecule has 0 spiro atoms. The van der Waals surface area contributed by atoms with Crippen LogP contribution in [-0.2, 0) is 0 Å². The molecule has 0 fully saturated rings. The highest BCUT2D eigenvalue weighted by molar-refractivity contribution is 5.34. The van der Waals surface area contributed by atoms with Crippen LogP contribution in [0.25, 0.3) is 0 Å². The van der Waals surface area contributed by atoms with E-state index in [0.29, 0.717) is 0 Å². The molecule has 0 N–H and O–H groups in total. The number of hydrogen-bond donors (Lipinski definition) is 0. The molecule has 0 bridgehead atoms. The SMILES string of the molecule is COc1ccc(OC)c(F)c1F. The molecule has 1 aromatic carbocycles. The van der Waals surface area contributed by atoms with Crippen molar-refractivity contribution in [3.63, 3.8) is 0 Å². The van der Waals surface area contributed by atoms with Gasteiger partial charge < -0.3 is 9.47 Å². The van der Waals surface area contributed by atoms with Crippen LogP contribution in [0.3, 0.4) is 0 Å². The van der Waals surface area contributed by atoms with Crippen molar-refractivity contribution in [3.8, 4) is 11.5 Å². The lowest BCUT2D eigenvalue weighted by Gasteiger charge is -2.05. The van der Waals surface area contributed by atoms with Crippen molar-refractivity contribution in [2.75, 3.05) is 14.2 Å². The maximum absolute atomic E-state index is 12.9. The van der Waals surface area contributed by atoms with Crippen LogP contribution < -0.4 is 9.47 Å². The van der Waals surface area contributed by atoms with E-state index in [-0.39, 0.29) is 11.5 Å². The van der Waals surface area contributed by atoms with Crippen LogP contribution in [0.15, 0.2) is 12.1 Å². The van der Waals surface area contributed by atoms with Gasteiger partial charge in [0.2, 0.25) is 11.6 Å². The van der Waals surface area contributed by atoms with Crippen molar-refractivity contribution < 1.29 is 18.3 Å². The van der Waals surface area contributed by atoms with Crippen LogP contribution in [0, 0.1) is 11.6 Å². The van der Waals surface area contributed by atoms with Gasteiger partial charge in [-0.3, -0.25) is 0 Å². The molecular weight excluding hydrogens is 166 g/mol. The molecule has 0 aliphatic heterocycles. The fourth-order valence-corrected chi connectivity index (χ4v) is 0.829. The largest absolute Gasteiger partial charge is 0.494 e. The first kappa shape index (κ1) is 8.77. The summed E-state index contributed by atoms with van der Waals surface area (Å²) < 4.78 is 34.8. The molecule has 0 radical (unpaired) electrons. The van der Waals surface area contributed by atoms with Crippen molar-refractivity contribution in [1.82, 2.24) is 0 Å². The molecule has 0 aromatic heterocycles. The van der Waals surface area contributed by atoms with Crippen LogP contribution in [-0.4, -0.2) is 14.2 Å². The fraction of sp³-hybridized carbons (Fsp3) is 0.250. The Morgan fingerprint density at radius 3 is 1.50 bits per heavy atom. The van der Waals surface area contributed by atoms with Crippen LogP contribution in [0.2, 0.25) is 0 Å². The summed E-state index contributed by atoms with van der Waals surface area (Å²) in [6.45, 7) is 0. The first-order valence-electron chi connectivity index (χ1n) is 3.26. The van der Waals surface area contributed by atoms with Crippen molar-refractivity contribution in [3.05, 3.63) is 23.8 Å². The Hall–Kier alpha value is -1.32. The van der Waals surface area contributed by atoms with Crippen molar-refractivity contribution in [2.24, 2.45) is 0 Å². The third kappa shape index (κ3) is 1.32. The van der Waals surface area contributed by atoms with Gasteiger partial charge >= 0.3 is 0 Å². The summed E-state index contributed by atoms with van der Waals surface area (Å²) in [5.74, 6) is -2.32. The molecule has 0 atom stereocenters. The molecular formula is C8H8F2O2. The number of benzene rings is 1. The molecule has 0 aliphatic carbocycles. The van der Waals surface area contributed by atoms with Gasteiger partial charge in [-0.25, -0.2) is 0 Å². The minimum Gasteiger partial charge on any atom is -0.494 e. The first-order chi connectivity index (χ1) is 5.70. The average Bonchev–Trinajstić information content (AvgIpc) is 2.10. The molecule has 4 heteroatoms. The molecule has 66 valence electrons. The van der Waals surface area contributed by atoms with E-state index in [4.69, 9.17) is 0 Å². The van der Waals surface area contributed by atoms with E-state index in [1.54, 1.807) is 0 Å².